The molecule has 0 unspecified atom stereocenters. The van der Waals surface area contributed by atoms with Gasteiger partial charge in [0.25, 0.3) is 11.8 Å². The van der Waals surface area contributed by atoms with Crippen LogP contribution in [0.5, 0.6) is 0 Å². The van der Waals surface area contributed by atoms with Gasteiger partial charge in [0, 0.05) is 25.8 Å². The maximum Gasteiger partial charge on any atom is 0.333 e. The number of hydroxylamine groups is 2. The second-order valence-electron chi connectivity index (χ2n) is 6.91. The maximum absolute atomic E-state index is 11.6. The molecule has 0 aliphatic carbocycles. The lowest BCUT2D eigenvalue weighted by Crippen LogP contribution is -2.32. The Morgan fingerprint density at radius 2 is 1.70 bits per heavy atom. The molecule has 0 radical (unpaired) electrons. The molecular formula is C16H26N2O5. The number of amides is 3. The number of hydrogen-bond donors (Lipinski definition) is 1. The fraction of sp³-hybridized carbons (Fsp3) is 0.750. The molecule has 1 saturated heterocycles. The number of carbonyl (C=O) groups is 4. The Morgan fingerprint density at radius 3 is 2.26 bits per heavy atom. The summed E-state index contributed by atoms with van der Waals surface area (Å²) in [5.41, 5.74) is 0.290. The summed E-state index contributed by atoms with van der Waals surface area (Å²) in [6, 6.07) is 0. The van der Waals surface area contributed by atoms with Gasteiger partial charge in [-0.1, -0.05) is 27.2 Å². The summed E-state index contributed by atoms with van der Waals surface area (Å²) in [6.45, 7) is 7.10. The second-order valence-corrected chi connectivity index (χ2v) is 6.91. The standard InChI is InChI=1S/C16H26N2O5/c1-16(2,3)10-4-5-11-17-12(19)6-9-15(22)23-18-13(20)7-8-14(18)21/h4-11H2,1-3H3,(H,17,19). The van der Waals surface area contributed by atoms with E-state index in [1.54, 1.807) is 0 Å². The summed E-state index contributed by atoms with van der Waals surface area (Å²) in [6.07, 6.45) is 2.95. The van der Waals surface area contributed by atoms with E-state index >= 15 is 0 Å². The number of nitrogens with one attached hydrogen (secondary N) is 1. The van der Waals surface area contributed by atoms with Crippen LogP contribution in [-0.4, -0.2) is 35.3 Å². The van der Waals surface area contributed by atoms with Gasteiger partial charge in [-0.2, -0.15) is 0 Å². The highest BCUT2D eigenvalue weighted by molar-refractivity contribution is 6.01. The number of nitrogens with zero attached hydrogens (tertiary/aromatic N) is 1. The van der Waals surface area contributed by atoms with Crippen LogP contribution in [0.1, 0.15) is 65.7 Å². The number of hydrogen-bond acceptors (Lipinski definition) is 5. The third-order valence-corrected chi connectivity index (χ3v) is 3.43. The summed E-state index contributed by atoms with van der Waals surface area (Å²) in [4.78, 5) is 50.4. The van der Waals surface area contributed by atoms with Gasteiger partial charge in [-0.05, 0) is 18.3 Å². The van der Waals surface area contributed by atoms with E-state index < -0.39 is 17.8 Å². The third-order valence-electron chi connectivity index (χ3n) is 3.43. The van der Waals surface area contributed by atoms with Crippen molar-refractivity contribution < 1.29 is 24.0 Å². The van der Waals surface area contributed by atoms with Crippen molar-refractivity contribution in [1.29, 1.82) is 0 Å². The first-order valence-corrected chi connectivity index (χ1v) is 8.02. The Bertz CT molecular complexity index is 452. The zero-order chi connectivity index (χ0) is 17.5. The highest BCUT2D eigenvalue weighted by atomic mass is 16.7. The molecule has 1 N–H and O–H groups in total. The van der Waals surface area contributed by atoms with E-state index in [1.807, 2.05) is 0 Å². The summed E-state index contributed by atoms with van der Waals surface area (Å²) in [5, 5.41) is 3.23. The minimum Gasteiger partial charge on any atom is -0.356 e. The van der Waals surface area contributed by atoms with Gasteiger partial charge in [0.1, 0.15) is 0 Å². The van der Waals surface area contributed by atoms with Gasteiger partial charge in [0.2, 0.25) is 5.91 Å². The van der Waals surface area contributed by atoms with E-state index in [-0.39, 0.29) is 37.0 Å². The van der Waals surface area contributed by atoms with Crippen molar-refractivity contribution in [3.63, 3.8) is 0 Å². The van der Waals surface area contributed by atoms with E-state index in [0.717, 1.165) is 19.3 Å². The molecule has 1 heterocycles. The van der Waals surface area contributed by atoms with Gasteiger partial charge in [0.05, 0.1) is 6.42 Å². The molecule has 0 atom stereocenters. The average Bonchev–Trinajstić information content (AvgIpc) is 2.75. The van der Waals surface area contributed by atoms with Crippen LogP contribution in [0.3, 0.4) is 0 Å². The Morgan fingerprint density at radius 1 is 1.09 bits per heavy atom. The predicted molar refractivity (Wildman–Crippen MR) is 82.7 cm³/mol. The first-order chi connectivity index (χ1) is 10.7. The monoisotopic (exact) mass is 326 g/mol. The van der Waals surface area contributed by atoms with Gasteiger partial charge in [-0.25, -0.2) is 4.79 Å². The van der Waals surface area contributed by atoms with Gasteiger partial charge in [-0.15, -0.1) is 5.06 Å². The lowest BCUT2D eigenvalue weighted by atomic mass is 9.90. The molecule has 7 heteroatoms. The van der Waals surface area contributed by atoms with Crippen molar-refractivity contribution in [2.45, 2.75) is 65.7 Å². The van der Waals surface area contributed by atoms with E-state index in [2.05, 4.69) is 30.9 Å². The Balaban J connectivity index is 2.12. The largest absolute Gasteiger partial charge is 0.356 e. The number of imide groups is 1. The van der Waals surface area contributed by atoms with Gasteiger partial charge in [0.15, 0.2) is 0 Å². The fourth-order valence-electron chi connectivity index (χ4n) is 2.12. The fourth-order valence-corrected chi connectivity index (χ4v) is 2.12. The first kappa shape index (κ1) is 19.1. The molecule has 0 spiro atoms. The van der Waals surface area contributed by atoms with E-state index in [1.165, 1.54) is 0 Å². The predicted octanol–water partition coefficient (Wildman–Crippen LogP) is 1.71. The lowest BCUT2D eigenvalue weighted by Gasteiger charge is -2.17. The second kappa shape index (κ2) is 8.64. The van der Waals surface area contributed by atoms with Crippen LogP contribution in [0.2, 0.25) is 0 Å². The minimum atomic E-state index is -0.753. The van der Waals surface area contributed by atoms with Crippen LogP contribution in [-0.2, 0) is 24.0 Å². The maximum atomic E-state index is 11.6. The van der Waals surface area contributed by atoms with Gasteiger partial charge < -0.3 is 10.2 Å². The summed E-state index contributed by atoms with van der Waals surface area (Å²) in [5.74, 6) is -2.04. The zero-order valence-electron chi connectivity index (χ0n) is 14.1. The molecule has 1 aliphatic rings. The van der Waals surface area contributed by atoms with Crippen molar-refractivity contribution in [2.75, 3.05) is 6.54 Å². The topological polar surface area (TPSA) is 92.8 Å². The average molecular weight is 326 g/mol. The minimum absolute atomic E-state index is 0.0195. The van der Waals surface area contributed by atoms with Crippen molar-refractivity contribution in [3.8, 4) is 0 Å². The number of rotatable bonds is 8. The van der Waals surface area contributed by atoms with Crippen molar-refractivity contribution in [2.24, 2.45) is 5.41 Å². The molecule has 0 saturated carbocycles. The molecule has 130 valence electrons. The first-order valence-electron chi connectivity index (χ1n) is 8.02. The Hall–Kier alpha value is -1.92. The molecule has 0 bridgehead atoms. The SMILES string of the molecule is CC(C)(C)CCCCNC(=O)CCC(=O)ON1C(=O)CCC1=O. The smallest absolute Gasteiger partial charge is 0.333 e. The molecule has 1 fully saturated rings. The number of unbranched alkanes of at least 4 members (excludes halogenated alkanes) is 1. The number of carbonyl (C=O) groups excluding carboxylic acids is 4. The van der Waals surface area contributed by atoms with Crippen LogP contribution in [0.15, 0.2) is 0 Å². The van der Waals surface area contributed by atoms with Crippen molar-refractivity contribution in [3.05, 3.63) is 0 Å². The van der Waals surface area contributed by atoms with Crippen LogP contribution in [0, 0.1) is 5.41 Å². The Labute approximate surface area is 136 Å². The van der Waals surface area contributed by atoms with Crippen LogP contribution in [0.25, 0.3) is 0 Å². The van der Waals surface area contributed by atoms with Crippen LogP contribution < -0.4 is 5.32 Å². The molecule has 1 aliphatic heterocycles. The van der Waals surface area contributed by atoms with Gasteiger partial charge in [-0.3, -0.25) is 14.4 Å². The zero-order valence-corrected chi connectivity index (χ0v) is 14.1. The lowest BCUT2D eigenvalue weighted by molar-refractivity contribution is -0.197. The molecule has 23 heavy (non-hydrogen) atoms. The molecule has 0 aromatic heterocycles. The van der Waals surface area contributed by atoms with E-state index in [0.29, 0.717) is 11.6 Å². The quantitative estimate of drug-likeness (QED) is 0.541. The summed E-state index contributed by atoms with van der Waals surface area (Å²) >= 11 is 0. The summed E-state index contributed by atoms with van der Waals surface area (Å²) < 4.78 is 0. The normalized spacial score (nSPS) is 15.0. The highest BCUT2D eigenvalue weighted by Crippen LogP contribution is 2.21. The van der Waals surface area contributed by atoms with E-state index in [4.69, 9.17) is 0 Å². The third kappa shape index (κ3) is 7.76. The molecule has 0 aromatic rings. The van der Waals surface area contributed by atoms with Crippen molar-refractivity contribution >= 4 is 23.7 Å². The molecule has 0 aromatic carbocycles. The van der Waals surface area contributed by atoms with Gasteiger partial charge >= 0.3 is 5.97 Å². The molecule has 1 rings (SSSR count). The van der Waals surface area contributed by atoms with Crippen molar-refractivity contribution in [1.82, 2.24) is 10.4 Å². The Kier molecular flexibility index (Phi) is 7.19. The van der Waals surface area contributed by atoms with Crippen LogP contribution >= 0.6 is 0 Å². The molecule has 7 nitrogen and oxygen atoms in total. The molecular weight excluding hydrogens is 300 g/mol. The van der Waals surface area contributed by atoms with Crippen LogP contribution in [0.4, 0.5) is 0 Å². The summed E-state index contributed by atoms with van der Waals surface area (Å²) in [7, 11) is 0. The highest BCUT2D eigenvalue weighted by Gasteiger charge is 2.32. The van der Waals surface area contributed by atoms with E-state index in [9.17, 15) is 19.2 Å². The molecule has 3 amide bonds.